The summed E-state index contributed by atoms with van der Waals surface area (Å²) in [4.78, 5) is 11.6. The van der Waals surface area contributed by atoms with Crippen molar-refractivity contribution in [1.29, 1.82) is 0 Å². The summed E-state index contributed by atoms with van der Waals surface area (Å²) in [5.74, 6) is 1.38. The van der Waals surface area contributed by atoms with Gasteiger partial charge in [0.2, 0.25) is 5.91 Å². The predicted octanol–water partition coefficient (Wildman–Crippen LogP) is 0.452. The molecule has 7 nitrogen and oxygen atoms in total. The Balaban J connectivity index is 1.90. The normalized spacial score (nSPS) is 12.4. The summed E-state index contributed by atoms with van der Waals surface area (Å²) in [6.07, 6.45) is 1.39. The van der Waals surface area contributed by atoms with E-state index in [9.17, 15) is 4.79 Å². The lowest BCUT2D eigenvalue weighted by atomic mass is 10.2. The van der Waals surface area contributed by atoms with E-state index in [1.165, 1.54) is 11.0 Å². The second-order valence-electron chi connectivity index (χ2n) is 3.75. The van der Waals surface area contributed by atoms with E-state index < -0.39 is 0 Å². The van der Waals surface area contributed by atoms with E-state index in [-0.39, 0.29) is 18.5 Å². The molecule has 0 bridgehead atoms. The third kappa shape index (κ3) is 2.90. The molecule has 2 aromatic heterocycles. The number of carbonyl (C=O) groups excluding carboxylic acids is 1. The van der Waals surface area contributed by atoms with Crippen LogP contribution in [-0.2, 0) is 11.3 Å². The minimum absolute atomic E-state index is 0.0943. The van der Waals surface area contributed by atoms with Crippen LogP contribution in [0.2, 0.25) is 0 Å². The largest absolute Gasteiger partial charge is 0.464 e. The summed E-state index contributed by atoms with van der Waals surface area (Å²) in [6, 6.07) is 3.53. The van der Waals surface area contributed by atoms with Gasteiger partial charge < -0.3 is 9.73 Å². The molecule has 0 aromatic carbocycles. The number of nitrogens with zero attached hydrogens (tertiary/aromatic N) is 4. The molecule has 0 aliphatic heterocycles. The van der Waals surface area contributed by atoms with Crippen molar-refractivity contribution in [3.05, 3.63) is 30.0 Å². The second-order valence-corrected chi connectivity index (χ2v) is 3.75. The van der Waals surface area contributed by atoms with E-state index in [4.69, 9.17) is 4.42 Å². The molecular weight excluding hydrogens is 222 g/mol. The van der Waals surface area contributed by atoms with Crippen LogP contribution in [0.3, 0.4) is 0 Å². The Morgan fingerprint density at radius 1 is 1.59 bits per heavy atom. The van der Waals surface area contributed by atoms with Crippen LogP contribution in [-0.4, -0.2) is 26.1 Å². The highest BCUT2D eigenvalue weighted by atomic mass is 16.3. The Morgan fingerprint density at radius 3 is 3.00 bits per heavy atom. The lowest BCUT2D eigenvalue weighted by molar-refractivity contribution is -0.122. The number of hydrogen-bond acceptors (Lipinski definition) is 5. The van der Waals surface area contributed by atoms with E-state index in [0.29, 0.717) is 0 Å². The molecule has 0 fully saturated rings. The number of rotatable bonds is 4. The third-order valence-electron chi connectivity index (χ3n) is 2.26. The van der Waals surface area contributed by atoms with Crippen LogP contribution in [0.5, 0.6) is 0 Å². The van der Waals surface area contributed by atoms with E-state index in [0.717, 1.165) is 11.5 Å². The molecule has 0 radical (unpaired) electrons. The smallest absolute Gasteiger partial charge is 0.242 e. The topological polar surface area (TPSA) is 85.8 Å². The molecular formula is C10H13N5O2. The number of nitrogens with one attached hydrogen (secondary N) is 1. The van der Waals surface area contributed by atoms with Crippen LogP contribution >= 0.6 is 0 Å². The highest BCUT2D eigenvalue weighted by Gasteiger charge is 2.13. The van der Waals surface area contributed by atoms with Crippen LogP contribution in [0.25, 0.3) is 0 Å². The standard InChI is InChI=1S/C10H13N5O2/c1-7-3-4-9(17-7)8(2)12-10(16)5-15-6-11-13-14-15/h3-4,6,8H,5H2,1-2H3,(H,12,16)/t8-/m1/s1. The summed E-state index contributed by atoms with van der Waals surface area (Å²) in [7, 11) is 0. The monoisotopic (exact) mass is 235 g/mol. The fourth-order valence-corrected chi connectivity index (χ4v) is 1.44. The molecule has 2 aromatic rings. The molecule has 0 saturated carbocycles. The summed E-state index contributed by atoms with van der Waals surface area (Å²) in [5.41, 5.74) is 0. The number of aryl methyl sites for hydroxylation is 1. The van der Waals surface area contributed by atoms with Crippen LogP contribution in [0.1, 0.15) is 24.5 Å². The number of amides is 1. The van der Waals surface area contributed by atoms with Crippen molar-refractivity contribution in [2.75, 3.05) is 0 Å². The van der Waals surface area contributed by atoms with Crippen molar-refractivity contribution in [3.63, 3.8) is 0 Å². The van der Waals surface area contributed by atoms with E-state index in [1.807, 2.05) is 26.0 Å². The van der Waals surface area contributed by atoms with E-state index >= 15 is 0 Å². The number of tetrazole rings is 1. The highest BCUT2D eigenvalue weighted by molar-refractivity contribution is 5.75. The fourth-order valence-electron chi connectivity index (χ4n) is 1.44. The van der Waals surface area contributed by atoms with Gasteiger partial charge in [-0.3, -0.25) is 4.79 Å². The van der Waals surface area contributed by atoms with Gasteiger partial charge in [0.05, 0.1) is 6.04 Å². The lowest BCUT2D eigenvalue weighted by Crippen LogP contribution is -2.30. The van der Waals surface area contributed by atoms with Gasteiger partial charge in [-0.2, -0.15) is 0 Å². The highest BCUT2D eigenvalue weighted by Crippen LogP contribution is 2.15. The maximum atomic E-state index is 11.6. The predicted molar refractivity (Wildman–Crippen MR) is 57.8 cm³/mol. The van der Waals surface area contributed by atoms with Crippen molar-refractivity contribution in [1.82, 2.24) is 25.5 Å². The average Bonchev–Trinajstić information content (AvgIpc) is 2.89. The maximum absolute atomic E-state index is 11.6. The van der Waals surface area contributed by atoms with Crippen molar-refractivity contribution < 1.29 is 9.21 Å². The molecule has 0 aliphatic carbocycles. The first-order chi connectivity index (χ1) is 8.15. The second kappa shape index (κ2) is 4.77. The lowest BCUT2D eigenvalue weighted by Gasteiger charge is -2.10. The minimum atomic E-state index is -0.173. The Hall–Kier alpha value is -2.18. The van der Waals surface area contributed by atoms with E-state index in [1.54, 1.807) is 0 Å². The Morgan fingerprint density at radius 2 is 2.41 bits per heavy atom. The first-order valence-electron chi connectivity index (χ1n) is 5.21. The van der Waals surface area contributed by atoms with Crippen LogP contribution < -0.4 is 5.32 Å². The molecule has 1 N–H and O–H groups in total. The molecule has 17 heavy (non-hydrogen) atoms. The fraction of sp³-hybridized carbons (Fsp3) is 0.400. The summed E-state index contributed by atoms with van der Waals surface area (Å²) in [5, 5.41) is 13.3. The van der Waals surface area contributed by atoms with Crippen LogP contribution in [0.4, 0.5) is 0 Å². The summed E-state index contributed by atoms with van der Waals surface area (Å²) >= 11 is 0. The van der Waals surface area contributed by atoms with Crippen LogP contribution in [0, 0.1) is 6.92 Å². The number of furan rings is 1. The average molecular weight is 235 g/mol. The van der Waals surface area contributed by atoms with Crippen molar-refractivity contribution in [2.45, 2.75) is 26.4 Å². The zero-order chi connectivity index (χ0) is 12.3. The maximum Gasteiger partial charge on any atom is 0.242 e. The third-order valence-corrected chi connectivity index (χ3v) is 2.26. The van der Waals surface area contributed by atoms with Gasteiger partial charge in [0, 0.05) is 0 Å². The van der Waals surface area contributed by atoms with Crippen molar-refractivity contribution in [3.8, 4) is 0 Å². The summed E-state index contributed by atoms with van der Waals surface area (Å²) in [6.45, 7) is 3.81. The number of aromatic nitrogens is 4. The van der Waals surface area contributed by atoms with Gasteiger partial charge in [-0.25, -0.2) is 4.68 Å². The Labute approximate surface area is 97.8 Å². The van der Waals surface area contributed by atoms with Gasteiger partial charge in [0.15, 0.2) is 0 Å². The van der Waals surface area contributed by atoms with Gasteiger partial charge >= 0.3 is 0 Å². The van der Waals surface area contributed by atoms with Gasteiger partial charge in [-0.05, 0) is 36.4 Å². The summed E-state index contributed by atoms with van der Waals surface area (Å²) < 4.78 is 6.78. The van der Waals surface area contributed by atoms with Crippen LogP contribution in [0.15, 0.2) is 22.9 Å². The van der Waals surface area contributed by atoms with Gasteiger partial charge in [0.1, 0.15) is 24.4 Å². The molecule has 7 heteroatoms. The van der Waals surface area contributed by atoms with Crippen molar-refractivity contribution >= 4 is 5.91 Å². The molecule has 0 unspecified atom stereocenters. The zero-order valence-corrected chi connectivity index (χ0v) is 9.62. The van der Waals surface area contributed by atoms with E-state index in [2.05, 4.69) is 20.8 Å². The minimum Gasteiger partial charge on any atom is -0.464 e. The molecule has 0 aliphatic rings. The Kier molecular flexibility index (Phi) is 3.17. The molecule has 2 heterocycles. The van der Waals surface area contributed by atoms with Gasteiger partial charge in [0.25, 0.3) is 0 Å². The molecule has 1 atom stereocenters. The number of hydrogen-bond donors (Lipinski definition) is 1. The van der Waals surface area contributed by atoms with Crippen molar-refractivity contribution in [2.24, 2.45) is 0 Å². The number of carbonyl (C=O) groups is 1. The Bertz CT molecular complexity index is 491. The molecule has 90 valence electrons. The first kappa shape index (κ1) is 11.3. The molecule has 0 spiro atoms. The van der Waals surface area contributed by atoms with Gasteiger partial charge in [-0.15, -0.1) is 5.10 Å². The first-order valence-corrected chi connectivity index (χ1v) is 5.21. The zero-order valence-electron chi connectivity index (χ0n) is 9.62. The molecule has 1 amide bonds. The quantitative estimate of drug-likeness (QED) is 0.831. The van der Waals surface area contributed by atoms with Gasteiger partial charge in [-0.1, -0.05) is 0 Å². The molecule has 0 saturated heterocycles. The SMILES string of the molecule is Cc1ccc([C@@H](C)NC(=O)Cn2cnnn2)o1. The molecule has 2 rings (SSSR count).